The number of nitrogens with zero attached hydrogens (tertiary/aromatic N) is 1. The monoisotopic (exact) mass is 436 g/mol. The second-order valence-electron chi connectivity index (χ2n) is 4.99. The van der Waals surface area contributed by atoms with Crippen LogP contribution in [0.25, 0.3) is 0 Å². The number of hydrogen-bond donors (Lipinski definition) is 1. The number of pyridine rings is 1. The highest BCUT2D eigenvalue weighted by Crippen LogP contribution is 2.36. The maximum atomic E-state index is 12.7. The minimum Gasteiger partial charge on any atom is -0.462 e. The lowest BCUT2D eigenvalue weighted by Crippen LogP contribution is -2.08. The first kappa shape index (κ1) is 21.4. The summed E-state index contributed by atoms with van der Waals surface area (Å²) >= 11 is 12.5. The molecule has 1 aromatic carbocycles. The summed E-state index contributed by atoms with van der Waals surface area (Å²) < 4.78 is 43.1. The second-order valence-corrected chi connectivity index (χ2v) is 6.87. The molecule has 0 amide bonds. The Morgan fingerprint density at radius 3 is 2.52 bits per heavy atom. The Morgan fingerprint density at radius 1 is 1.30 bits per heavy atom. The number of carbonyl (C=O) groups excluding carboxylic acids is 1. The van der Waals surface area contributed by atoms with Gasteiger partial charge in [-0.15, -0.1) is 0 Å². The Morgan fingerprint density at radius 2 is 1.96 bits per heavy atom. The predicted molar refractivity (Wildman–Crippen MR) is 99.9 cm³/mol. The van der Waals surface area contributed by atoms with Gasteiger partial charge in [0.25, 0.3) is 0 Å². The van der Waals surface area contributed by atoms with Crippen LogP contribution in [-0.4, -0.2) is 17.6 Å². The summed E-state index contributed by atoms with van der Waals surface area (Å²) in [6.07, 6.45) is -2.54. The van der Waals surface area contributed by atoms with Gasteiger partial charge in [0, 0.05) is 23.1 Å². The Kier molecular flexibility index (Phi) is 7.41. The molecule has 144 valence electrons. The van der Waals surface area contributed by atoms with Crippen molar-refractivity contribution in [2.24, 2.45) is 0 Å². The number of halogens is 5. The molecular weight excluding hydrogens is 424 g/mol. The van der Waals surface area contributed by atoms with Crippen molar-refractivity contribution in [1.82, 2.24) is 4.98 Å². The highest BCUT2D eigenvalue weighted by Gasteiger charge is 2.31. The SMILES string of the molecule is CCOC(=O)C(=CNc1ccc(Cl)cc1)Sc1ncc(C(F)(F)F)cc1Cl. The molecule has 0 unspecified atom stereocenters. The Labute approximate surface area is 167 Å². The molecule has 0 saturated carbocycles. The van der Waals surface area contributed by atoms with E-state index < -0.39 is 17.7 Å². The van der Waals surface area contributed by atoms with Crippen LogP contribution in [0.2, 0.25) is 10.0 Å². The van der Waals surface area contributed by atoms with Gasteiger partial charge in [0.1, 0.15) is 9.93 Å². The number of carbonyl (C=O) groups is 1. The molecular formula is C17H13Cl2F3N2O2S. The molecule has 0 bridgehead atoms. The van der Waals surface area contributed by atoms with Gasteiger partial charge in [0.2, 0.25) is 0 Å². The van der Waals surface area contributed by atoms with E-state index in [4.69, 9.17) is 27.9 Å². The minimum atomic E-state index is -4.56. The Balaban J connectivity index is 2.25. The van der Waals surface area contributed by atoms with Gasteiger partial charge in [0.05, 0.1) is 17.2 Å². The molecule has 0 saturated heterocycles. The normalized spacial score (nSPS) is 12.0. The third kappa shape index (κ3) is 6.34. The third-order valence-electron chi connectivity index (χ3n) is 3.03. The fourth-order valence-corrected chi connectivity index (χ4v) is 2.93. The van der Waals surface area contributed by atoms with Crippen molar-refractivity contribution >= 4 is 46.6 Å². The van der Waals surface area contributed by atoms with E-state index in [0.717, 1.165) is 17.8 Å². The van der Waals surface area contributed by atoms with Crippen LogP contribution in [0.15, 0.2) is 52.7 Å². The molecule has 1 heterocycles. The molecule has 0 radical (unpaired) electrons. The summed E-state index contributed by atoms with van der Waals surface area (Å²) in [5.41, 5.74) is -0.328. The van der Waals surface area contributed by atoms with Crippen molar-refractivity contribution in [3.05, 3.63) is 63.2 Å². The number of aromatic nitrogens is 1. The number of ether oxygens (including phenoxy) is 1. The van der Waals surface area contributed by atoms with Crippen LogP contribution in [0, 0.1) is 0 Å². The number of thioether (sulfide) groups is 1. The summed E-state index contributed by atoms with van der Waals surface area (Å²) in [6.45, 7) is 1.77. The van der Waals surface area contributed by atoms with Crippen molar-refractivity contribution in [3.63, 3.8) is 0 Å². The van der Waals surface area contributed by atoms with Gasteiger partial charge in [0.15, 0.2) is 0 Å². The van der Waals surface area contributed by atoms with Crippen molar-refractivity contribution in [2.45, 2.75) is 18.1 Å². The van der Waals surface area contributed by atoms with Crippen LogP contribution in [0.3, 0.4) is 0 Å². The first-order valence-electron chi connectivity index (χ1n) is 7.50. The van der Waals surface area contributed by atoms with Crippen molar-refractivity contribution < 1.29 is 22.7 Å². The highest BCUT2D eigenvalue weighted by atomic mass is 35.5. The van der Waals surface area contributed by atoms with Crippen molar-refractivity contribution in [1.29, 1.82) is 0 Å². The summed E-state index contributed by atoms with van der Waals surface area (Å²) in [5, 5.41) is 3.26. The maximum absolute atomic E-state index is 12.7. The fourth-order valence-electron chi connectivity index (χ4n) is 1.79. The van der Waals surface area contributed by atoms with E-state index in [1.165, 1.54) is 6.20 Å². The lowest BCUT2D eigenvalue weighted by Gasteiger charge is -2.11. The van der Waals surface area contributed by atoms with Gasteiger partial charge >= 0.3 is 12.1 Å². The van der Waals surface area contributed by atoms with Crippen molar-refractivity contribution in [2.75, 3.05) is 11.9 Å². The molecule has 1 N–H and O–H groups in total. The first-order chi connectivity index (χ1) is 12.7. The van der Waals surface area contributed by atoms with Gasteiger partial charge in [-0.25, -0.2) is 9.78 Å². The standard InChI is InChI=1S/C17H13Cl2F3N2O2S/c1-2-26-16(25)14(9-23-12-5-3-11(18)4-6-12)27-15-13(19)7-10(8-24-15)17(20,21)22/h3-9,23H,2H2,1H3. The fraction of sp³-hybridized carbons (Fsp3) is 0.176. The van der Waals surface area contributed by atoms with E-state index in [9.17, 15) is 18.0 Å². The van der Waals surface area contributed by atoms with E-state index in [1.54, 1.807) is 31.2 Å². The molecule has 10 heteroatoms. The second kappa shape index (κ2) is 9.34. The quantitative estimate of drug-likeness (QED) is 0.341. The average Bonchev–Trinajstić information content (AvgIpc) is 2.60. The molecule has 2 rings (SSSR count). The Hall–Kier alpha value is -1.90. The number of nitrogens with one attached hydrogen (secondary N) is 1. The molecule has 27 heavy (non-hydrogen) atoms. The third-order valence-corrected chi connectivity index (χ3v) is 4.71. The maximum Gasteiger partial charge on any atom is 0.417 e. The lowest BCUT2D eigenvalue weighted by atomic mass is 10.3. The molecule has 0 spiro atoms. The van der Waals surface area contributed by atoms with Gasteiger partial charge < -0.3 is 10.1 Å². The van der Waals surface area contributed by atoms with Crippen LogP contribution >= 0.6 is 35.0 Å². The molecule has 0 atom stereocenters. The molecule has 2 aromatic rings. The molecule has 4 nitrogen and oxygen atoms in total. The molecule has 0 aliphatic heterocycles. The van der Waals surface area contributed by atoms with Crippen LogP contribution in [-0.2, 0) is 15.7 Å². The van der Waals surface area contributed by atoms with Crippen LogP contribution in [0.1, 0.15) is 12.5 Å². The number of hydrogen-bond acceptors (Lipinski definition) is 5. The van der Waals surface area contributed by atoms with Crippen molar-refractivity contribution in [3.8, 4) is 0 Å². The lowest BCUT2D eigenvalue weighted by molar-refractivity contribution is -0.138. The molecule has 0 aliphatic rings. The van der Waals surface area contributed by atoms with Gasteiger partial charge in [-0.2, -0.15) is 13.2 Å². The zero-order valence-electron chi connectivity index (χ0n) is 13.8. The zero-order chi connectivity index (χ0) is 20.0. The number of esters is 1. The topological polar surface area (TPSA) is 51.2 Å². The van der Waals surface area contributed by atoms with Gasteiger partial charge in [-0.05, 0) is 37.3 Å². The van der Waals surface area contributed by atoms with Crippen LogP contribution in [0.5, 0.6) is 0 Å². The number of alkyl halides is 3. The number of anilines is 1. The minimum absolute atomic E-state index is 0.0434. The summed E-state index contributed by atoms with van der Waals surface area (Å²) in [7, 11) is 0. The number of benzene rings is 1. The van der Waals surface area contributed by atoms with Crippen LogP contribution < -0.4 is 5.32 Å². The van der Waals surface area contributed by atoms with Gasteiger partial charge in [-0.3, -0.25) is 0 Å². The Bertz CT molecular complexity index is 843. The van der Waals surface area contributed by atoms with E-state index in [-0.39, 0.29) is 21.6 Å². The van der Waals surface area contributed by atoms with Gasteiger partial charge in [-0.1, -0.05) is 35.0 Å². The first-order valence-corrected chi connectivity index (χ1v) is 9.08. The molecule has 0 fully saturated rings. The molecule has 0 aliphatic carbocycles. The van der Waals surface area contributed by atoms with Crippen LogP contribution in [0.4, 0.5) is 18.9 Å². The van der Waals surface area contributed by atoms with E-state index in [0.29, 0.717) is 16.9 Å². The van der Waals surface area contributed by atoms with E-state index >= 15 is 0 Å². The zero-order valence-corrected chi connectivity index (χ0v) is 16.1. The largest absolute Gasteiger partial charge is 0.462 e. The number of rotatable bonds is 6. The summed E-state index contributed by atoms with van der Waals surface area (Å²) in [4.78, 5) is 15.9. The van der Waals surface area contributed by atoms with E-state index in [1.807, 2.05) is 0 Å². The highest BCUT2D eigenvalue weighted by molar-refractivity contribution is 8.04. The predicted octanol–water partition coefficient (Wildman–Crippen LogP) is 6.02. The average molecular weight is 437 g/mol. The smallest absolute Gasteiger partial charge is 0.417 e. The summed E-state index contributed by atoms with van der Waals surface area (Å²) in [5.74, 6) is -0.665. The summed E-state index contributed by atoms with van der Waals surface area (Å²) in [6, 6.07) is 7.45. The van der Waals surface area contributed by atoms with E-state index in [2.05, 4.69) is 10.3 Å². The molecule has 1 aromatic heterocycles.